The van der Waals surface area contributed by atoms with E-state index in [2.05, 4.69) is 20.2 Å². The van der Waals surface area contributed by atoms with Crippen LogP contribution in [0.4, 0.5) is 8.78 Å². The summed E-state index contributed by atoms with van der Waals surface area (Å²) < 4.78 is 27.3. The average Bonchev–Trinajstić information content (AvgIpc) is 3.04. The van der Waals surface area contributed by atoms with Crippen LogP contribution in [0.3, 0.4) is 0 Å². The summed E-state index contributed by atoms with van der Waals surface area (Å²) in [6.45, 7) is 0. The minimum atomic E-state index is -0.329. The van der Waals surface area contributed by atoms with Gasteiger partial charge in [-0.2, -0.15) is 0 Å². The first kappa shape index (κ1) is 11.6. The van der Waals surface area contributed by atoms with Gasteiger partial charge in [0.25, 0.3) is 0 Å². The molecule has 0 aliphatic rings. The number of nitrogens with one attached hydrogen (secondary N) is 2. The predicted octanol–water partition coefficient (Wildman–Crippen LogP) is 4.02. The maximum atomic E-state index is 13.6. The Bertz CT molecular complexity index is 1110. The molecule has 0 saturated heterocycles. The Labute approximate surface area is 121 Å². The molecule has 0 radical (unpaired) electrons. The normalized spacial score (nSPS) is 12.1. The van der Waals surface area contributed by atoms with E-state index in [9.17, 15) is 8.78 Å². The van der Waals surface area contributed by atoms with E-state index in [0.717, 1.165) is 21.8 Å². The Morgan fingerprint density at radius 1 is 0.682 bits per heavy atom. The van der Waals surface area contributed by atoms with Crippen molar-refractivity contribution >= 4 is 43.9 Å². The molecule has 0 saturated carbocycles. The van der Waals surface area contributed by atoms with Crippen LogP contribution in [-0.4, -0.2) is 20.2 Å². The Balaban J connectivity index is 2.14. The van der Waals surface area contributed by atoms with Crippen molar-refractivity contribution in [2.24, 2.45) is 0 Å². The van der Waals surface area contributed by atoms with Gasteiger partial charge < -0.3 is 9.97 Å². The van der Waals surface area contributed by atoms with Crippen LogP contribution in [0.1, 0.15) is 0 Å². The largest absolute Gasteiger partial charge is 0.338 e. The first-order chi connectivity index (χ1) is 10.7. The fourth-order valence-electron chi connectivity index (χ4n) is 3.06. The molecular formula is C16H8F2N4. The molecule has 5 aromatic rings. The minimum Gasteiger partial charge on any atom is -0.338 e. The number of aromatic amines is 2. The Hall–Kier alpha value is -3.02. The van der Waals surface area contributed by atoms with Crippen LogP contribution < -0.4 is 0 Å². The molecule has 0 amide bonds. The molecule has 2 N–H and O–H groups in total. The average molecular weight is 294 g/mol. The summed E-state index contributed by atoms with van der Waals surface area (Å²) in [5.41, 5.74) is 2.64. The van der Waals surface area contributed by atoms with E-state index in [1.54, 1.807) is 12.1 Å². The second-order valence-electron chi connectivity index (χ2n) is 5.28. The van der Waals surface area contributed by atoms with Crippen LogP contribution in [-0.2, 0) is 0 Å². The molecular weight excluding hydrogens is 286 g/mol. The summed E-state index contributed by atoms with van der Waals surface area (Å²) >= 11 is 0. The van der Waals surface area contributed by atoms with Crippen LogP contribution in [0.2, 0.25) is 0 Å². The van der Waals surface area contributed by atoms with Crippen molar-refractivity contribution in [2.75, 3.05) is 0 Å². The lowest BCUT2D eigenvalue weighted by molar-refractivity contribution is 0.629. The quantitative estimate of drug-likeness (QED) is 0.453. The van der Waals surface area contributed by atoms with E-state index in [1.165, 1.54) is 24.3 Å². The Kier molecular flexibility index (Phi) is 2.00. The van der Waals surface area contributed by atoms with Crippen molar-refractivity contribution < 1.29 is 8.78 Å². The van der Waals surface area contributed by atoms with Crippen molar-refractivity contribution in [3.63, 3.8) is 0 Å². The molecule has 0 fully saturated rings. The number of H-pyrrole nitrogens is 2. The van der Waals surface area contributed by atoms with Crippen molar-refractivity contribution in [1.29, 1.82) is 0 Å². The lowest BCUT2D eigenvalue weighted by Gasteiger charge is -1.95. The molecule has 0 unspecified atom stereocenters. The van der Waals surface area contributed by atoms with Crippen LogP contribution in [0.15, 0.2) is 36.4 Å². The van der Waals surface area contributed by atoms with Gasteiger partial charge in [0.15, 0.2) is 11.3 Å². The zero-order chi connectivity index (χ0) is 14.8. The lowest BCUT2D eigenvalue weighted by atomic mass is 10.1. The molecule has 4 nitrogen and oxygen atoms in total. The molecule has 2 aromatic carbocycles. The predicted molar refractivity (Wildman–Crippen MR) is 80.7 cm³/mol. The molecule has 0 spiro atoms. The molecule has 0 atom stereocenters. The summed E-state index contributed by atoms with van der Waals surface area (Å²) in [6.07, 6.45) is 0. The van der Waals surface area contributed by atoms with E-state index in [1.807, 2.05) is 0 Å². The first-order valence-electron chi connectivity index (χ1n) is 6.75. The van der Waals surface area contributed by atoms with E-state index in [4.69, 9.17) is 0 Å². The highest BCUT2D eigenvalue weighted by Crippen LogP contribution is 2.35. The summed E-state index contributed by atoms with van der Waals surface area (Å²) in [7, 11) is 0. The third kappa shape index (κ3) is 1.38. The molecule has 22 heavy (non-hydrogen) atoms. The number of hydrogen-bond donors (Lipinski definition) is 2. The van der Waals surface area contributed by atoms with E-state index < -0.39 is 0 Å². The van der Waals surface area contributed by atoms with Crippen LogP contribution in [0, 0.1) is 11.6 Å². The summed E-state index contributed by atoms with van der Waals surface area (Å²) in [5, 5.41) is 11.2. The number of rotatable bonds is 0. The topological polar surface area (TPSA) is 57.4 Å². The van der Waals surface area contributed by atoms with Crippen molar-refractivity contribution in [3.8, 4) is 0 Å². The standard InChI is InChI=1S/C16H8F2N4/c17-7-1-3-11-9(5-7)13-14-10-6-8(18)2-4-12(10)20-16(14)22-21-15(13)19-11/h1-6H,(H,19,21)(H,20,22). The highest BCUT2D eigenvalue weighted by molar-refractivity contribution is 6.25. The third-order valence-corrected chi connectivity index (χ3v) is 3.98. The molecule has 0 bridgehead atoms. The van der Waals surface area contributed by atoms with Gasteiger partial charge in [-0.3, -0.25) is 0 Å². The van der Waals surface area contributed by atoms with Gasteiger partial charge >= 0.3 is 0 Å². The summed E-state index contributed by atoms with van der Waals surface area (Å²) in [5.74, 6) is -0.659. The zero-order valence-electron chi connectivity index (χ0n) is 11.1. The Morgan fingerprint density at radius 3 is 1.59 bits per heavy atom. The van der Waals surface area contributed by atoms with Gasteiger partial charge in [0, 0.05) is 32.6 Å². The van der Waals surface area contributed by atoms with Gasteiger partial charge in [-0.25, -0.2) is 8.78 Å². The van der Waals surface area contributed by atoms with Crippen LogP contribution >= 0.6 is 0 Å². The van der Waals surface area contributed by atoms with Gasteiger partial charge in [0.2, 0.25) is 0 Å². The number of fused-ring (bicyclic) bond motifs is 7. The SMILES string of the molecule is Fc1ccc2[nH]c3nnc4[nH]c5ccc(F)cc5c4c3c2c1. The van der Waals surface area contributed by atoms with E-state index >= 15 is 0 Å². The lowest BCUT2D eigenvalue weighted by Crippen LogP contribution is -1.84. The van der Waals surface area contributed by atoms with Crippen molar-refractivity contribution in [1.82, 2.24) is 20.2 Å². The van der Waals surface area contributed by atoms with Gasteiger partial charge in [-0.05, 0) is 36.4 Å². The third-order valence-electron chi connectivity index (χ3n) is 3.98. The van der Waals surface area contributed by atoms with Crippen molar-refractivity contribution in [3.05, 3.63) is 48.0 Å². The van der Waals surface area contributed by atoms with Crippen LogP contribution in [0.25, 0.3) is 43.9 Å². The number of nitrogens with zero attached hydrogens (tertiary/aromatic N) is 2. The Morgan fingerprint density at radius 2 is 1.14 bits per heavy atom. The molecule has 106 valence electrons. The summed E-state index contributed by atoms with van der Waals surface area (Å²) in [6, 6.07) is 9.00. The van der Waals surface area contributed by atoms with Gasteiger partial charge in [-0.1, -0.05) is 0 Å². The minimum absolute atomic E-state index is 0.329. The molecule has 5 rings (SSSR count). The highest BCUT2D eigenvalue weighted by Gasteiger charge is 2.15. The second-order valence-corrected chi connectivity index (χ2v) is 5.28. The van der Waals surface area contributed by atoms with Gasteiger partial charge in [0.05, 0.1) is 0 Å². The molecule has 0 aliphatic carbocycles. The maximum Gasteiger partial charge on any atom is 0.161 e. The summed E-state index contributed by atoms with van der Waals surface area (Å²) in [4.78, 5) is 6.24. The monoisotopic (exact) mass is 294 g/mol. The number of halogens is 2. The molecule has 6 heteroatoms. The highest BCUT2D eigenvalue weighted by atomic mass is 19.1. The van der Waals surface area contributed by atoms with Gasteiger partial charge in [-0.15, -0.1) is 10.2 Å². The van der Waals surface area contributed by atoms with Gasteiger partial charge in [0.1, 0.15) is 11.6 Å². The van der Waals surface area contributed by atoms with Crippen LogP contribution in [0.5, 0.6) is 0 Å². The molecule has 3 heterocycles. The fourth-order valence-corrected chi connectivity index (χ4v) is 3.06. The van der Waals surface area contributed by atoms with E-state index in [-0.39, 0.29) is 11.6 Å². The second kappa shape index (κ2) is 3.79. The van der Waals surface area contributed by atoms with E-state index in [0.29, 0.717) is 22.1 Å². The maximum absolute atomic E-state index is 13.6. The molecule has 3 aromatic heterocycles. The molecule has 0 aliphatic heterocycles. The number of benzene rings is 2. The smallest absolute Gasteiger partial charge is 0.161 e. The number of aromatic nitrogens is 4. The van der Waals surface area contributed by atoms with Crippen molar-refractivity contribution in [2.45, 2.75) is 0 Å². The zero-order valence-corrected chi connectivity index (χ0v) is 11.1. The fraction of sp³-hybridized carbons (Fsp3) is 0. The number of hydrogen-bond acceptors (Lipinski definition) is 2. The first-order valence-corrected chi connectivity index (χ1v) is 6.75.